The van der Waals surface area contributed by atoms with Crippen LogP contribution in [-0.2, 0) is 4.79 Å². The minimum atomic E-state index is -0.557. The molecule has 0 saturated heterocycles. The van der Waals surface area contributed by atoms with Gasteiger partial charge in [0.25, 0.3) is 0 Å². The number of anilines is 1. The SMILES string of the molecule is CC(=O)c1ccc(Cl)nc1NC(=O)C(C)(C)C. The van der Waals surface area contributed by atoms with E-state index in [1.165, 1.54) is 13.0 Å². The third-order valence-electron chi connectivity index (χ3n) is 2.15. The maximum Gasteiger partial charge on any atom is 0.230 e. The third kappa shape index (κ3) is 3.53. The molecule has 17 heavy (non-hydrogen) atoms. The zero-order valence-corrected chi connectivity index (χ0v) is 11.1. The zero-order chi connectivity index (χ0) is 13.2. The normalized spacial score (nSPS) is 11.1. The Morgan fingerprint density at radius 2 is 1.88 bits per heavy atom. The fraction of sp³-hybridized carbons (Fsp3) is 0.417. The van der Waals surface area contributed by atoms with Crippen LogP contribution in [0.2, 0.25) is 5.15 Å². The van der Waals surface area contributed by atoms with E-state index < -0.39 is 5.41 Å². The van der Waals surface area contributed by atoms with Gasteiger partial charge in [0.05, 0.1) is 5.56 Å². The number of Topliss-reactive ketones (excluding diaryl/α,β-unsaturated/α-hetero) is 1. The van der Waals surface area contributed by atoms with E-state index >= 15 is 0 Å². The van der Waals surface area contributed by atoms with Crippen molar-refractivity contribution in [3.05, 3.63) is 22.8 Å². The van der Waals surface area contributed by atoms with Crippen molar-refractivity contribution in [2.24, 2.45) is 5.41 Å². The van der Waals surface area contributed by atoms with E-state index in [0.717, 1.165) is 0 Å². The summed E-state index contributed by atoms with van der Waals surface area (Å²) in [6, 6.07) is 3.07. The van der Waals surface area contributed by atoms with Gasteiger partial charge in [-0.25, -0.2) is 4.98 Å². The Balaban J connectivity index is 3.09. The molecule has 0 radical (unpaired) electrons. The third-order valence-corrected chi connectivity index (χ3v) is 2.36. The highest BCUT2D eigenvalue weighted by atomic mass is 35.5. The average molecular weight is 255 g/mol. The highest BCUT2D eigenvalue weighted by Gasteiger charge is 2.23. The Morgan fingerprint density at radius 1 is 1.29 bits per heavy atom. The molecule has 0 unspecified atom stereocenters. The van der Waals surface area contributed by atoms with Gasteiger partial charge in [-0.1, -0.05) is 32.4 Å². The van der Waals surface area contributed by atoms with Crippen LogP contribution in [0, 0.1) is 5.41 Å². The van der Waals surface area contributed by atoms with Crippen LogP contribution < -0.4 is 5.32 Å². The lowest BCUT2D eigenvalue weighted by Gasteiger charge is -2.18. The molecule has 1 N–H and O–H groups in total. The number of carbonyl (C=O) groups is 2. The fourth-order valence-corrected chi connectivity index (χ4v) is 1.26. The van der Waals surface area contributed by atoms with Gasteiger partial charge < -0.3 is 5.32 Å². The van der Waals surface area contributed by atoms with Crippen LogP contribution in [-0.4, -0.2) is 16.7 Å². The number of hydrogen-bond acceptors (Lipinski definition) is 3. The summed E-state index contributed by atoms with van der Waals surface area (Å²) in [6.45, 7) is 6.75. The van der Waals surface area contributed by atoms with Gasteiger partial charge in [-0.2, -0.15) is 0 Å². The van der Waals surface area contributed by atoms with Crippen molar-refractivity contribution in [1.29, 1.82) is 0 Å². The van der Waals surface area contributed by atoms with Crippen LogP contribution in [0.15, 0.2) is 12.1 Å². The molecule has 0 atom stereocenters. The van der Waals surface area contributed by atoms with E-state index in [1.807, 2.05) is 0 Å². The number of aromatic nitrogens is 1. The molecule has 92 valence electrons. The summed E-state index contributed by atoms with van der Waals surface area (Å²) in [5.41, 5.74) is -0.204. The van der Waals surface area contributed by atoms with Gasteiger partial charge in [0, 0.05) is 5.41 Å². The predicted molar refractivity (Wildman–Crippen MR) is 67.3 cm³/mol. The summed E-state index contributed by atoms with van der Waals surface area (Å²) in [6.07, 6.45) is 0. The molecule has 1 heterocycles. The van der Waals surface area contributed by atoms with Gasteiger partial charge >= 0.3 is 0 Å². The summed E-state index contributed by atoms with van der Waals surface area (Å²) in [7, 11) is 0. The summed E-state index contributed by atoms with van der Waals surface area (Å²) >= 11 is 5.75. The first-order valence-corrected chi connectivity index (χ1v) is 5.58. The maximum atomic E-state index is 11.8. The Morgan fingerprint density at radius 3 is 2.35 bits per heavy atom. The van der Waals surface area contributed by atoms with E-state index in [9.17, 15) is 9.59 Å². The van der Waals surface area contributed by atoms with Crippen LogP contribution in [0.5, 0.6) is 0 Å². The number of hydrogen-bond donors (Lipinski definition) is 1. The zero-order valence-electron chi connectivity index (χ0n) is 10.3. The largest absolute Gasteiger partial charge is 0.310 e. The molecular weight excluding hydrogens is 240 g/mol. The van der Waals surface area contributed by atoms with Crippen LogP contribution in [0.1, 0.15) is 38.1 Å². The van der Waals surface area contributed by atoms with Crippen molar-refractivity contribution >= 4 is 29.1 Å². The first kappa shape index (κ1) is 13.6. The van der Waals surface area contributed by atoms with Crippen LogP contribution in [0.4, 0.5) is 5.82 Å². The topological polar surface area (TPSA) is 59.1 Å². The molecule has 0 aliphatic carbocycles. The lowest BCUT2D eigenvalue weighted by Crippen LogP contribution is -2.28. The summed E-state index contributed by atoms with van der Waals surface area (Å²) < 4.78 is 0. The van der Waals surface area contributed by atoms with Gasteiger partial charge in [0.15, 0.2) is 5.78 Å². The Kier molecular flexibility index (Phi) is 3.88. The summed E-state index contributed by atoms with van der Waals surface area (Å²) in [4.78, 5) is 27.1. The number of nitrogens with zero attached hydrogens (tertiary/aromatic N) is 1. The van der Waals surface area contributed by atoms with Crippen LogP contribution >= 0.6 is 11.6 Å². The van der Waals surface area contributed by atoms with Crippen molar-refractivity contribution in [2.45, 2.75) is 27.7 Å². The van der Waals surface area contributed by atoms with Crippen molar-refractivity contribution in [2.75, 3.05) is 5.32 Å². The van der Waals surface area contributed by atoms with Crippen LogP contribution in [0.25, 0.3) is 0 Å². The van der Waals surface area contributed by atoms with E-state index in [2.05, 4.69) is 10.3 Å². The molecule has 1 amide bonds. The highest BCUT2D eigenvalue weighted by molar-refractivity contribution is 6.29. The Hall–Kier alpha value is -1.42. The summed E-state index contributed by atoms with van der Waals surface area (Å²) in [5, 5.41) is 2.85. The molecule has 0 fully saturated rings. The second kappa shape index (κ2) is 4.84. The smallest absolute Gasteiger partial charge is 0.230 e. The number of ketones is 1. The molecule has 1 aromatic heterocycles. The van der Waals surface area contributed by atoms with Crippen molar-refractivity contribution in [3.63, 3.8) is 0 Å². The minimum absolute atomic E-state index is 0.168. The minimum Gasteiger partial charge on any atom is -0.310 e. The highest BCUT2D eigenvalue weighted by Crippen LogP contribution is 2.21. The van der Waals surface area contributed by atoms with E-state index in [4.69, 9.17) is 11.6 Å². The van der Waals surface area contributed by atoms with Crippen molar-refractivity contribution in [3.8, 4) is 0 Å². The van der Waals surface area contributed by atoms with Crippen molar-refractivity contribution < 1.29 is 9.59 Å². The molecule has 0 bridgehead atoms. The fourth-order valence-electron chi connectivity index (χ4n) is 1.11. The quantitative estimate of drug-likeness (QED) is 0.652. The number of amides is 1. The summed E-state index contributed by atoms with van der Waals surface area (Å²) in [5.74, 6) is -0.168. The van der Waals surface area contributed by atoms with Gasteiger partial charge in [0.2, 0.25) is 5.91 Å². The molecule has 5 heteroatoms. The Bertz CT molecular complexity index is 464. The predicted octanol–water partition coefficient (Wildman–Crippen LogP) is 2.92. The lowest BCUT2D eigenvalue weighted by atomic mass is 9.95. The number of pyridine rings is 1. The van der Waals surface area contributed by atoms with E-state index in [1.54, 1.807) is 26.8 Å². The lowest BCUT2D eigenvalue weighted by molar-refractivity contribution is -0.123. The van der Waals surface area contributed by atoms with Gasteiger partial charge in [-0.05, 0) is 19.1 Å². The molecule has 4 nitrogen and oxygen atoms in total. The van der Waals surface area contributed by atoms with Crippen LogP contribution in [0.3, 0.4) is 0 Å². The molecule has 1 aromatic rings. The van der Waals surface area contributed by atoms with Crippen molar-refractivity contribution in [1.82, 2.24) is 4.98 Å². The second-order valence-corrected chi connectivity index (χ2v) is 5.18. The number of halogens is 1. The molecular formula is C12H15ClN2O2. The van der Waals surface area contributed by atoms with E-state index in [-0.39, 0.29) is 22.7 Å². The molecule has 0 saturated carbocycles. The second-order valence-electron chi connectivity index (χ2n) is 4.79. The number of rotatable bonds is 2. The molecule has 0 aliphatic rings. The number of carbonyl (C=O) groups excluding carboxylic acids is 2. The van der Waals surface area contributed by atoms with E-state index in [0.29, 0.717) is 5.56 Å². The molecule has 1 rings (SSSR count). The van der Waals surface area contributed by atoms with Gasteiger partial charge in [-0.3, -0.25) is 9.59 Å². The molecule has 0 spiro atoms. The average Bonchev–Trinajstić information content (AvgIpc) is 2.15. The number of nitrogens with one attached hydrogen (secondary N) is 1. The first-order chi connectivity index (χ1) is 7.71. The maximum absolute atomic E-state index is 11.8. The van der Waals surface area contributed by atoms with Gasteiger partial charge in [0.1, 0.15) is 11.0 Å². The van der Waals surface area contributed by atoms with Gasteiger partial charge in [-0.15, -0.1) is 0 Å². The molecule has 0 aromatic carbocycles. The Labute approximate surface area is 105 Å². The standard InChI is InChI=1S/C12H15ClN2O2/c1-7(16)8-5-6-9(13)14-10(8)15-11(17)12(2,3)4/h5-6H,1-4H3,(H,14,15,17). The first-order valence-electron chi connectivity index (χ1n) is 5.21. The monoisotopic (exact) mass is 254 g/mol. The molecule has 0 aliphatic heterocycles.